The van der Waals surface area contributed by atoms with Gasteiger partial charge in [0.25, 0.3) is 0 Å². The molecule has 2 saturated heterocycles. The Morgan fingerprint density at radius 1 is 1.03 bits per heavy atom. The number of para-hydroxylation sites is 1. The number of amides is 1. The molecule has 2 fully saturated rings. The van der Waals surface area contributed by atoms with Crippen molar-refractivity contribution < 1.29 is 18.3 Å². The maximum atomic E-state index is 13.3. The van der Waals surface area contributed by atoms with E-state index < -0.39 is 11.6 Å². The van der Waals surface area contributed by atoms with Crippen molar-refractivity contribution in [2.75, 3.05) is 39.3 Å². The number of fused-ring (bicyclic) bond motifs is 2. The second kappa shape index (κ2) is 9.87. The maximum Gasteiger partial charge on any atom is 0.246 e. The fourth-order valence-electron chi connectivity index (χ4n) is 5.69. The predicted octanol–water partition coefficient (Wildman–Crippen LogP) is 5.03. The van der Waals surface area contributed by atoms with Gasteiger partial charge in [-0.25, -0.2) is 8.78 Å². The summed E-state index contributed by atoms with van der Waals surface area (Å²) in [4.78, 5) is 16.9. The highest BCUT2D eigenvalue weighted by Crippen LogP contribution is 2.45. The van der Waals surface area contributed by atoms with Crippen LogP contribution in [0.2, 0.25) is 0 Å². The van der Waals surface area contributed by atoms with Crippen molar-refractivity contribution >= 4 is 12.0 Å². The van der Waals surface area contributed by atoms with Gasteiger partial charge in [0.05, 0.1) is 6.61 Å². The van der Waals surface area contributed by atoms with E-state index in [1.54, 1.807) is 0 Å². The zero-order chi connectivity index (χ0) is 23.5. The van der Waals surface area contributed by atoms with Gasteiger partial charge in [0.1, 0.15) is 17.4 Å². The lowest BCUT2D eigenvalue weighted by atomic mass is 9.74. The third kappa shape index (κ3) is 5.02. The first-order valence-corrected chi connectivity index (χ1v) is 12.4. The largest absolute Gasteiger partial charge is 0.492 e. The van der Waals surface area contributed by atoms with Gasteiger partial charge in [-0.05, 0) is 87.5 Å². The van der Waals surface area contributed by atoms with Gasteiger partial charge >= 0.3 is 0 Å². The van der Waals surface area contributed by atoms with Crippen molar-refractivity contribution in [2.45, 2.75) is 37.5 Å². The number of carbonyl (C=O) groups excluding carboxylic acids is 1. The SMILES string of the molecule is O=C(/C=C/c1cc(F)cc(F)c1)N1CCC(CCN2CCC3(CC2)COc2ccccc23)CC1. The van der Waals surface area contributed by atoms with E-state index >= 15 is 0 Å². The average Bonchev–Trinajstić information content (AvgIpc) is 3.20. The number of ether oxygens (including phenoxy) is 1. The van der Waals surface area contributed by atoms with Crippen molar-refractivity contribution in [1.29, 1.82) is 0 Å². The first-order valence-electron chi connectivity index (χ1n) is 12.4. The van der Waals surface area contributed by atoms with E-state index in [1.165, 1.54) is 36.3 Å². The molecule has 0 atom stereocenters. The average molecular weight is 467 g/mol. The fraction of sp³-hybridized carbons (Fsp3) is 0.464. The highest BCUT2D eigenvalue weighted by molar-refractivity contribution is 5.91. The molecular formula is C28H32F2N2O2. The molecule has 1 amide bonds. The number of hydrogen-bond acceptors (Lipinski definition) is 3. The maximum absolute atomic E-state index is 13.3. The van der Waals surface area contributed by atoms with Crippen molar-refractivity contribution in [2.24, 2.45) is 5.92 Å². The minimum absolute atomic E-state index is 0.0940. The molecule has 2 aromatic rings. The molecule has 0 N–H and O–H groups in total. The lowest BCUT2D eigenvalue weighted by Crippen LogP contribution is -2.44. The lowest BCUT2D eigenvalue weighted by Gasteiger charge is -2.39. The number of benzene rings is 2. The minimum atomic E-state index is -0.641. The van der Waals surface area contributed by atoms with Crippen LogP contribution in [0.4, 0.5) is 8.78 Å². The van der Waals surface area contributed by atoms with Gasteiger partial charge in [0.15, 0.2) is 0 Å². The second-order valence-electron chi connectivity index (χ2n) is 10.0. The molecule has 34 heavy (non-hydrogen) atoms. The van der Waals surface area contributed by atoms with Gasteiger partial charge in [-0.1, -0.05) is 18.2 Å². The van der Waals surface area contributed by atoms with Crippen LogP contribution in [-0.2, 0) is 10.2 Å². The van der Waals surface area contributed by atoms with Gasteiger partial charge in [0.2, 0.25) is 5.91 Å². The molecule has 0 saturated carbocycles. The first-order chi connectivity index (χ1) is 16.5. The van der Waals surface area contributed by atoms with Crippen LogP contribution >= 0.6 is 0 Å². The summed E-state index contributed by atoms with van der Waals surface area (Å²) in [6.07, 6.45) is 8.39. The monoisotopic (exact) mass is 466 g/mol. The Kier molecular flexibility index (Phi) is 6.68. The van der Waals surface area contributed by atoms with E-state index in [0.717, 1.165) is 76.8 Å². The molecule has 0 bridgehead atoms. The van der Waals surface area contributed by atoms with Gasteiger partial charge < -0.3 is 14.5 Å². The topological polar surface area (TPSA) is 32.8 Å². The summed E-state index contributed by atoms with van der Waals surface area (Å²) < 4.78 is 32.6. The van der Waals surface area contributed by atoms with E-state index in [4.69, 9.17) is 4.74 Å². The van der Waals surface area contributed by atoms with Gasteiger partial charge in [0, 0.05) is 36.2 Å². The molecule has 2 aromatic carbocycles. The molecule has 4 nitrogen and oxygen atoms in total. The Hall–Kier alpha value is -2.73. The molecule has 0 radical (unpaired) electrons. The van der Waals surface area contributed by atoms with Crippen LogP contribution in [0.1, 0.15) is 43.2 Å². The van der Waals surface area contributed by atoms with Gasteiger partial charge in [-0.15, -0.1) is 0 Å². The molecular weight excluding hydrogens is 434 g/mol. The summed E-state index contributed by atoms with van der Waals surface area (Å²) in [6, 6.07) is 11.8. The van der Waals surface area contributed by atoms with Gasteiger partial charge in [-0.2, -0.15) is 0 Å². The van der Waals surface area contributed by atoms with E-state index in [9.17, 15) is 13.6 Å². The number of halogens is 2. The summed E-state index contributed by atoms with van der Waals surface area (Å²) in [7, 11) is 0. The second-order valence-corrected chi connectivity index (χ2v) is 10.0. The molecule has 1 spiro atoms. The molecule has 0 aromatic heterocycles. The third-order valence-electron chi connectivity index (χ3n) is 7.86. The normalized spacial score (nSPS) is 20.6. The highest BCUT2D eigenvalue weighted by atomic mass is 19.1. The Morgan fingerprint density at radius 3 is 2.47 bits per heavy atom. The van der Waals surface area contributed by atoms with E-state index in [-0.39, 0.29) is 11.3 Å². The van der Waals surface area contributed by atoms with Crippen molar-refractivity contribution in [3.8, 4) is 5.75 Å². The molecule has 0 aliphatic carbocycles. The number of likely N-dealkylation sites (tertiary alicyclic amines) is 2. The van der Waals surface area contributed by atoms with Crippen LogP contribution < -0.4 is 4.74 Å². The Balaban J connectivity index is 1.04. The smallest absolute Gasteiger partial charge is 0.246 e. The standard InChI is InChI=1S/C28H32F2N2O2/c29-23-17-22(18-24(30)19-23)5-6-27(33)32-13-8-21(9-14-32)7-12-31-15-10-28(11-16-31)20-34-26-4-2-1-3-25(26)28/h1-6,17-19,21H,7-16,20H2/b6-5+. The summed E-state index contributed by atoms with van der Waals surface area (Å²) in [5, 5.41) is 0. The van der Waals surface area contributed by atoms with Crippen LogP contribution in [0, 0.1) is 17.6 Å². The molecule has 0 unspecified atom stereocenters. The van der Waals surface area contributed by atoms with E-state index in [1.807, 2.05) is 11.0 Å². The van der Waals surface area contributed by atoms with E-state index in [2.05, 4.69) is 23.1 Å². The van der Waals surface area contributed by atoms with Crippen LogP contribution in [0.3, 0.4) is 0 Å². The molecule has 6 heteroatoms. The third-order valence-corrected chi connectivity index (χ3v) is 7.86. The van der Waals surface area contributed by atoms with Crippen LogP contribution in [0.5, 0.6) is 5.75 Å². The van der Waals surface area contributed by atoms with Crippen LogP contribution in [0.15, 0.2) is 48.5 Å². The Labute approximate surface area is 200 Å². The van der Waals surface area contributed by atoms with Crippen molar-refractivity contribution in [3.63, 3.8) is 0 Å². The first kappa shape index (κ1) is 23.0. The fourth-order valence-corrected chi connectivity index (χ4v) is 5.69. The quantitative estimate of drug-likeness (QED) is 0.580. The molecule has 5 rings (SSSR count). The summed E-state index contributed by atoms with van der Waals surface area (Å²) in [5.74, 6) is 0.326. The number of nitrogens with zero attached hydrogens (tertiary/aromatic N) is 2. The number of piperidine rings is 2. The number of hydrogen-bond donors (Lipinski definition) is 0. The zero-order valence-electron chi connectivity index (χ0n) is 19.5. The number of rotatable bonds is 5. The summed E-state index contributed by atoms with van der Waals surface area (Å²) >= 11 is 0. The van der Waals surface area contributed by atoms with Crippen LogP contribution in [0.25, 0.3) is 6.08 Å². The Bertz CT molecular complexity index is 1030. The van der Waals surface area contributed by atoms with Crippen LogP contribution in [-0.4, -0.2) is 55.0 Å². The minimum Gasteiger partial charge on any atom is -0.492 e. The van der Waals surface area contributed by atoms with E-state index in [0.29, 0.717) is 11.5 Å². The van der Waals surface area contributed by atoms with Crippen molar-refractivity contribution in [3.05, 3.63) is 71.3 Å². The highest BCUT2D eigenvalue weighted by Gasteiger charge is 2.42. The Morgan fingerprint density at radius 2 is 1.74 bits per heavy atom. The summed E-state index contributed by atoms with van der Waals surface area (Å²) in [6.45, 7) is 5.63. The van der Waals surface area contributed by atoms with Gasteiger partial charge in [-0.3, -0.25) is 4.79 Å². The molecule has 3 aliphatic rings. The zero-order valence-corrected chi connectivity index (χ0v) is 19.5. The van der Waals surface area contributed by atoms with Crippen molar-refractivity contribution in [1.82, 2.24) is 9.80 Å². The summed E-state index contributed by atoms with van der Waals surface area (Å²) in [5.41, 5.74) is 1.95. The lowest BCUT2D eigenvalue weighted by molar-refractivity contribution is -0.127. The predicted molar refractivity (Wildman–Crippen MR) is 129 cm³/mol. The molecule has 180 valence electrons. The number of carbonyl (C=O) groups is 1. The molecule has 3 heterocycles. The molecule has 3 aliphatic heterocycles.